The maximum absolute atomic E-state index is 11.5. The van der Waals surface area contributed by atoms with Crippen molar-refractivity contribution in [2.24, 2.45) is 29.6 Å². The number of hydrogen-bond donors (Lipinski definition) is 19. The Kier molecular flexibility index (Phi) is 29.9. The van der Waals surface area contributed by atoms with Gasteiger partial charge in [0.25, 0.3) is 0 Å². The van der Waals surface area contributed by atoms with Crippen LogP contribution in [-0.4, -0.2) is 377 Å². The first-order chi connectivity index (χ1) is 38.7. The van der Waals surface area contributed by atoms with Crippen molar-refractivity contribution in [2.45, 2.75) is 153 Å². The van der Waals surface area contributed by atoms with Gasteiger partial charge in [0.05, 0.1) is 167 Å². The summed E-state index contributed by atoms with van der Waals surface area (Å²) in [5, 5.41) is 194. The van der Waals surface area contributed by atoms with Crippen molar-refractivity contribution in [2.75, 3.05) is 127 Å². The van der Waals surface area contributed by atoms with Crippen LogP contribution in [0.4, 0.5) is 0 Å². The van der Waals surface area contributed by atoms with Crippen LogP contribution in [0.25, 0.3) is 0 Å². The summed E-state index contributed by atoms with van der Waals surface area (Å²) < 4.78 is 72.7. The van der Waals surface area contributed by atoms with E-state index in [1.54, 1.807) is 0 Å². The molecule has 81 heavy (non-hydrogen) atoms. The summed E-state index contributed by atoms with van der Waals surface area (Å²) in [4.78, 5) is 0. The fraction of sp³-hybridized carbons (Fsp3) is 1.00. The molecule has 12 unspecified atom stereocenters. The van der Waals surface area contributed by atoms with E-state index in [0.29, 0.717) is 0 Å². The van der Waals surface area contributed by atoms with Gasteiger partial charge in [-0.05, 0) is 0 Å². The molecule has 0 spiro atoms. The fourth-order valence-electron chi connectivity index (χ4n) is 11.0. The number of aliphatic hydroxyl groups excluding tert-OH is 19. The summed E-state index contributed by atoms with van der Waals surface area (Å²) in [6.45, 7) is -5.21. The van der Waals surface area contributed by atoms with E-state index in [0.717, 1.165) is 0 Å². The van der Waals surface area contributed by atoms with Crippen molar-refractivity contribution in [1.29, 1.82) is 0 Å². The van der Waals surface area contributed by atoms with Gasteiger partial charge in [0.1, 0.15) is 85.5 Å². The van der Waals surface area contributed by atoms with Gasteiger partial charge in [-0.3, -0.25) is 0 Å². The SMILES string of the molecule is COC[C@@H]1C(CO)O[C@H](COCC2O[C@H](COC[C@@H]3C(CO)O[C@H](COC[C@@H]4C(CO)O[C@H](COC)C(O)[C@@H]4O)C(O)[C@@H]3O)C(O)[C@H](O)[C@@H]2COC[C@H]2OC(CO)[C@@H](COC)[C@@H](O)C2O)C(O)[C@@H]1O.OCC1O[C@@H](O)C(O)[C@H](O)[C@@H]1O. The zero-order chi connectivity index (χ0) is 59.8. The minimum Gasteiger partial charge on any atom is -0.394 e. The molecule has 6 fully saturated rings. The first-order valence-electron chi connectivity index (χ1n) is 27.0. The first-order valence-corrected chi connectivity index (χ1v) is 27.0. The normalized spacial score (nSPS) is 46.0. The Labute approximate surface area is 467 Å². The van der Waals surface area contributed by atoms with Crippen molar-refractivity contribution in [3.05, 3.63) is 0 Å². The third-order valence-electron chi connectivity index (χ3n) is 16.0. The zero-order valence-electron chi connectivity index (χ0n) is 45.4. The summed E-state index contributed by atoms with van der Waals surface area (Å²) in [6, 6.07) is 0. The van der Waals surface area contributed by atoms with Gasteiger partial charge in [0.2, 0.25) is 0 Å². The van der Waals surface area contributed by atoms with E-state index in [-0.39, 0.29) is 66.1 Å². The Morgan fingerprint density at radius 2 is 0.457 bits per heavy atom. The van der Waals surface area contributed by atoms with Gasteiger partial charge >= 0.3 is 0 Å². The third-order valence-corrected chi connectivity index (χ3v) is 16.0. The van der Waals surface area contributed by atoms with Gasteiger partial charge in [-0.2, -0.15) is 0 Å². The summed E-state index contributed by atoms with van der Waals surface area (Å²) in [5.41, 5.74) is 0. The van der Waals surface area contributed by atoms with Gasteiger partial charge < -0.3 is 159 Å². The lowest BCUT2D eigenvalue weighted by Crippen LogP contribution is -2.60. The highest BCUT2D eigenvalue weighted by Gasteiger charge is 2.51. The molecule has 30 atom stereocenters. The minimum atomic E-state index is -1.61. The lowest BCUT2D eigenvalue weighted by molar-refractivity contribution is -0.286. The Morgan fingerprint density at radius 3 is 0.753 bits per heavy atom. The molecule has 0 aromatic rings. The van der Waals surface area contributed by atoms with Crippen LogP contribution < -0.4 is 0 Å². The van der Waals surface area contributed by atoms with Crippen LogP contribution in [0.1, 0.15) is 0 Å². The monoisotopic (exact) mass is 1190 g/mol. The van der Waals surface area contributed by atoms with Crippen LogP contribution in [0.2, 0.25) is 0 Å². The van der Waals surface area contributed by atoms with Crippen molar-refractivity contribution in [3.8, 4) is 0 Å². The standard InChI is InChI=1S/C43H78O26.C6H12O6/c1-58-8-19-24(4-44)66-30(40(54)34(19)48)16-63-12-23-28(14-64-18-32-41(55)35(49)20(9-59-2)25(5-45)67-32)69-33(43(57)38(23)52)17-62-11-22-27(7-47)68-31(42(56)37(22)51)15-61-10-21-26(6-46)65-29(13-60-3)39(53)36(21)50;7-1-2-3(8)4(9)5(10)6(11)12-2/h19-57H,4-18H2,1-3H3;2-11H,1H2/t19-,20-,21-,22-,23-,24?,25?,26?,27?,28?,29-,30-,31-,32-,33-,34-,35-,36-,37-,38-,39?,40?,41?,42?,43?;2?,3-,4-,5?,6-/m11/s1. The van der Waals surface area contributed by atoms with E-state index in [1.807, 2.05) is 0 Å². The Bertz CT molecular complexity index is 1710. The van der Waals surface area contributed by atoms with E-state index in [9.17, 15) is 71.5 Å². The van der Waals surface area contributed by atoms with Crippen LogP contribution in [0.3, 0.4) is 0 Å². The molecule has 32 nitrogen and oxygen atoms in total. The minimum absolute atomic E-state index is 0.000583. The number of hydrogen-bond acceptors (Lipinski definition) is 32. The second kappa shape index (κ2) is 34.3. The highest BCUT2D eigenvalue weighted by Crippen LogP contribution is 2.34. The smallest absolute Gasteiger partial charge is 0.184 e. The predicted molar refractivity (Wildman–Crippen MR) is 264 cm³/mol. The number of rotatable bonds is 27. The maximum atomic E-state index is 11.5. The van der Waals surface area contributed by atoms with E-state index in [1.165, 1.54) is 21.3 Å². The average molecular weight is 1190 g/mol. The number of methoxy groups -OCH3 is 3. The molecule has 0 amide bonds. The third kappa shape index (κ3) is 17.7. The van der Waals surface area contributed by atoms with Gasteiger partial charge in [-0.15, -0.1) is 0 Å². The fourth-order valence-corrected chi connectivity index (χ4v) is 11.0. The Morgan fingerprint density at radius 1 is 0.222 bits per heavy atom. The highest BCUT2D eigenvalue weighted by atomic mass is 16.6. The van der Waals surface area contributed by atoms with Crippen LogP contribution in [0, 0.1) is 29.6 Å². The summed E-state index contributed by atoms with van der Waals surface area (Å²) in [7, 11) is 4.19. The van der Waals surface area contributed by atoms with E-state index in [2.05, 4.69) is 4.74 Å². The average Bonchev–Trinajstić information content (AvgIpc) is 3.46. The summed E-state index contributed by atoms with van der Waals surface area (Å²) in [6.07, 6.45) is -31.9. The molecule has 19 N–H and O–H groups in total. The van der Waals surface area contributed by atoms with Crippen molar-refractivity contribution < 1.29 is 159 Å². The molecule has 6 aliphatic heterocycles. The lowest BCUT2D eigenvalue weighted by atomic mass is 9.86. The molecule has 0 aliphatic carbocycles. The van der Waals surface area contributed by atoms with Crippen molar-refractivity contribution in [3.63, 3.8) is 0 Å². The second-order valence-corrected chi connectivity index (χ2v) is 21.3. The van der Waals surface area contributed by atoms with Crippen molar-refractivity contribution in [1.82, 2.24) is 0 Å². The van der Waals surface area contributed by atoms with E-state index >= 15 is 0 Å². The van der Waals surface area contributed by atoms with Gasteiger partial charge in [-0.1, -0.05) is 0 Å². The Hall–Kier alpha value is -1.28. The van der Waals surface area contributed by atoms with E-state index < -0.39 is 222 Å². The van der Waals surface area contributed by atoms with E-state index in [4.69, 9.17) is 82.4 Å². The summed E-state index contributed by atoms with van der Waals surface area (Å²) >= 11 is 0. The molecule has 0 saturated carbocycles. The topological polar surface area (TPSA) is 504 Å². The van der Waals surface area contributed by atoms with Gasteiger partial charge in [0.15, 0.2) is 6.29 Å². The van der Waals surface area contributed by atoms with Crippen LogP contribution >= 0.6 is 0 Å². The van der Waals surface area contributed by atoms with Crippen LogP contribution in [-0.2, 0) is 61.6 Å². The van der Waals surface area contributed by atoms with Gasteiger partial charge in [-0.25, -0.2) is 0 Å². The van der Waals surface area contributed by atoms with Crippen LogP contribution in [0.5, 0.6) is 0 Å². The molecule has 6 heterocycles. The predicted octanol–water partition coefficient (Wildman–Crippen LogP) is -11.7. The molecule has 0 bridgehead atoms. The highest BCUT2D eigenvalue weighted by molar-refractivity contribution is 4.98. The molecular formula is C49H90O32. The molecular weight excluding hydrogens is 1100 g/mol. The molecule has 0 aromatic heterocycles. The number of ether oxygens (including phenoxy) is 13. The molecule has 478 valence electrons. The quantitative estimate of drug-likeness (QED) is 0.0363. The number of aliphatic hydroxyl groups is 19. The van der Waals surface area contributed by atoms with Gasteiger partial charge in [0, 0.05) is 50.9 Å². The molecule has 32 heteroatoms. The zero-order valence-corrected chi connectivity index (χ0v) is 45.4. The summed E-state index contributed by atoms with van der Waals surface area (Å²) in [5.74, 6) is -4.39. The van der Waals surface area contributed by atoms with Crippen molar-refractivity contribution >= 4 is 0 Å². The molecule has 0 radical (unpaired) electrons. The first kappa shape index (κ1) is 70.5. The molecule has 6 aliphatic rings. The molecule has 6 rings (SSSR count). The Balaban J connectivity index is 0.000000886. The molecule has 0 aromatic carbocycles. The second-order valence-electron chi connectivity index (χ2n) is 21.3. The maximum Gasteiger partial charge on any atom is 0.184 e. The molecule has 6 saturated heterocycles. The van der Waals surface area contributed by atoms with Crippen LogP contribution in [0.15, 0.2) is 0 Å². The lowest BCUT2D eigenvalue weighted by Gasteiger charge is -2.45. The largest absolute Gasteiger partial charge is 0.394 e.